The molecule has 2 nitrogen and oxygen atoms in total. The van der Waals surface area contributed by atoms with Crippen LogP contribution in [0.5, 0.6) is 0 Å². The van der Waals surface area contributed by atoms with Gasteiger partial charge in [0.2, 0.25) is 0 Å². The third-order valence-electron chi connectivity index (χ3n) is 4.62. The van der Waals surface area contributed by atoms with E-state index < -0.39 is 0 Å². The Bertz CT molecular complexity index is 372. The normalized spacial score (nSPS) is 27.1. The number of nitrogens with zero attached hydrogens (tertiary/aromatic N) is 2. The molecule has 1 saturated heterocycles. The van der Waals surface area contributed by atoms with Crippen LogP contribution >= 0.6 is 0 Å². The quantitative estimate of drug-likeness (QED) is 0.806. The van der Waals surface area contributed by atoms with E-state index in [9.17, 15) is 0 Å². The molecule has 1 saturated carbocycles. The van der Waals surface area contributed by atoms with Gasteiger partial charge in [0.05, 0.1) is 0 Å². The molecule has 0 aromatic heterocycles. The molecule has 0 radical (unpaired) electrons. The summed E-state index contributed by atoms with van der Waals surface area (Å²) in [5.74, 6) is 0. The van der Waals surface area contributed by atoms with Crippen LogP contribution in [0.4, 0.5) is 0 Å². The molecule has 0 amide bonds. The van der Waals surface area contributed by atoms with E-state index in [1.54, 1.807) is 0 Å². The second-order valence-electron chi connectivity index (χ2n) is 5.88. The van der Waals surface area contributed by atoms with Crippen LogP contribution in [0, 0.1) is 0 Å². The number of piperazine rings is 1. The standard InChI is InChI=1S/C16H24N2/c1-14-12-18(16-8-5-9-16)11-10-17(14)13-15-6-3-2-4-7-15/h2-4,6-7,14,16H,5,8-13H2,1H3. The minimum Gasteiger partial charge on any atom is -0.298 e. The smallest absolute Gasteiger partial charge is 0.0237 e. The predicted molar refractivity (Wildman–Crippen MR) is 75.5 cm³/mol. The molecule has 2 fully saturated rings. The number of benzene rings is 1. The molecule has 2 heteroatoms. The van der Waals surface area contributed by atoms with E-state index in [0.29, 0.717) is 6.04 Å². The van der Waals surface area contributed by atoms with Crippen molar-refractivity contribution in [2.45, 2.75) is 44.8 Å². The van der Waals surface area contributed by atoms with Crippen molar-refractivity contribution in [2.24, 2.45) is 0 Å². The average molecular weight is 244 g/mol. The van der Waals surface area contributed by atoms with Gasteiger partial charge in [-0.2, -0.15) is 0 Å². The fraction of sp³-hybridized carbons (Fsp3) is 0.625. The SMILES string of the molecule is CC1CN(C2CCC2)CCN1Cc1ccccc1. The number of hydrogen-bond acceptors (Lipinski definition) is 2. The van der Waals surface area contributed by atoms with Crippen molar-refractivity contribution in [2.75, 3.05) is 19.6 Å². The van der Waals surface area contributed by atoms with Gasteiger partial charge in [0.15, 0.2) is 0 Å². The molecule has 0 N–H and O–H groups in total. The van der Waals surface area contributed by atoms with Crippen LogP contribution < -0.4 is 0 Å². The molecule has 98 valence electrons. The van der Waals surface area contributed by atoms with E-state index in [2.05, 4.69) is 47.1 Å². The van der Waals surface area contributed by atoms with Crippen LogP contribution in [0.1, 0.15) is 31.7 Å². The summed E-state index contributed by atoms with van der Waals surface area (Å²) in [6.45, 7) is 7.25. The van der Waals surface area contributed by atoms with E-state index in [4.69, 9.17) is 0 Å². The minimum atomic E-state index is 0.694. The maximum absolute atomic E-state index is 2.72. The molecular weight excluding hydrogens is 220 g/mol. The fourth-order valence-electron chi connectivity index (χ4n) is 3.16. The first-order valence-electron chi connectivity index (χ1n) is 7.35. The first-order valence-corrected chi connectivity index (χ1v) is 7.35. The van der Waals surface area contributed by atoms with E-state index in [0.717, 1.165) is 12.6 Å². The molecule has 1 unspecified atom stereocenters. The van der Waals surface area contributed by atoms with Crippen LogP contribution in [0.25, 0.3) is 0 Å². The Morgan fingerprint density at radius 1 is 1.11 bits per heavy atom. The lowest BCUT2D eigenvalue weighted by Gasteiger charge is -2.46. The van der Waals surface area contributed by atoms with Crippen molar-refractivity contribution in [3.05, 3.63) is 35.9 Å². The van der Waals surface area contributed by atoms with Crippen molar-refractivity contribution in [1.29, 1.82) is 0 Å². The lowest BCUT2D eigenvalue weighted by Crippen LogP contribution is -2.55. The fourth-order valence-corrected chi connectivity index (χ4v) is 3.16. The first kappa shape index (κ1) is 12.2. The van der Waals surface area contributed by atoms with E-state index in [1.807, 2.05) is 0 Å². The molecule has 1 atom stereocenters. The van der Waals surface area contributed by atoms with Crippen LogP contribution in [-0.2, 0) is 6.54 Å². The van der Waals surface area contributed by atoms with Crippen LogP contribution in [0.3, 0.4) is 0 Å². The Labute approximate surface area is 111 Å². The molecule has 1 heterocycles. The molecule has 1 aliphatic heterocycles. The van der Waals surface area contributed by atoms with Crippen molar-refractivity contribution in [3.63, 3.8) is 0 Å². The second-order valence-corrected chi connectivity index (χ2v) is 5.88. The zero-order chi connectivity index (χ0) is 12.4. The lowest BCUT2D eigenvalue weighted by molar-refractivity contribution is 0.0261. The Morgan fingerprint density at radius 2 is 1.89 bits per heavy atom. The highest BCUT2D eigenvalue weighted by Gasteiger charge is 2.30. The molecule has 1 aromatic rings. The molecule has 1 aromatic carbocycles. The molecule has 0 spiro atoms. The summed E-state index contributed by atoms with van der Waals surface area (Å²) in [7, 11) is 0. The third-order valence-corrected chi connectivity index (χ3v) is 4.62. The second kappa shape index (κ2) is 5.41. The molecule has 2 aliphatic rings. The van der Waals surface area contributed by atoms with Gasteiger partial charge in [-0.3, -0.25) is 9.80 Å². The van der Waals surface area contributed by atoms with Gasteiger partial charge in [-0.25, -0.2) is 0 Å². The highest BCUT2D eigenvalue weighted by atomic mass is 15.3. The summed E-state index contributed by atoms with van der Waals surface area (Å²) >= 11 is 0. The van der Waals surface area contributed by atoms with E-state index >= 15 is 0 Å². The summed E-state index contributed by atoms with van der Waals surface area (Å²) in [4.78, 5) is 5.35. The Hall–Kier alpha value is -0.860. The Morgan fingerprint density at radius 3 is 2.50 bits per heavy atom. The predicted octanol–water partition coefficient (Wildman–Crippen LogP) is 2.75. The van der Waals surface area contributed by atoms with Crippen molar-refractivity contribution in [1.82, 2.24) is 9.80 Å². The first-order chi connectivity index (χ1) is 8.83. The zero-order valence-electron chi connectivity index (χ0n) is 11.4. The van der Waals surface area contributed by atoms with Gasteiger partial charge in [-0.1, -0.05) is 36.8 Å². The molecular formula is C16H24N2. The Kier molecular flexibility index (Phi) is 3.67. The van der Waals surface area contributed by atoms with Gasteiger partial charge in [-0.05, 0) is 25.3 Å². The third kappa shape index (κ3) is 2.60. The molecule has 1 aliphatic carbocycles. The van der Waals surface area contributed by atoms with Crippen molar-refractivity contribution >= 4 is 0 Å². The monoisotopic (exact) mass is 244 g/mol. The highest BCUT2D eigenvalue weighted by molar-refractivity contribution is 5.14. The largest absolute Gasteiger partial charge is 0.298 e. The maximum atomic E-state index is 2.72. The number of hydrogen-bond donors (Lipinski definition) is 0. The maximum Gasteiger partial charge on any atom is 0.0237 e. The summed E-state index contributed by atoms with van der Waals surface area (Å²) in [6, 6.07) is 12.5. The number of rotatable bonds is 3. The van der Waals surface area contributed by atoms with Crippen LogP contribution in [0.15, 0.2) is 30.3 Å². The van der Waals surface area contributed by atoms with Gasteiger partial charge < -0.3 is 0 Å². The molecule has 0 bridgehead atoms. The molecule has 18 heavy (non-hydrogen) atoms. The summed E-state index contributed by atoms with van der Waals surface area (Å²) in [6.07, 6.45) is 4.32. The topological polar surface area (TPSA) is 6.48 Å². The summed E-state index contributed by atoms with van der Waals surface area (Å²) in [5, 5.41) is 0. The van der Waals surface area contributed by atoms with Gasteiger partial charge in [0.25, 0.3) is 0 Å². The van der Waals surface area contributed by atoms with Gasteiger partial charge >= 0.3 is 0 Å². The highest BCUT2D eigenvalue weighted by Crippen LogP contribution is 2.27. The van der Waals surface area contributed by atoms with Gasteiger partial charge in [0, 0.05) is 38.3 Å². The Balaban J connectivity index is 1.55. The minimum absolute atomic E-state index is 0.694. The molecule has 3 rings (SSSR count). The van der Waals surface area contributed by atoms with E-state index in [1.165, 1.54) is 44.5 Å². The van der Waals surface area contributed by atoms with Crippen LogP contribution in [0.2, 0.25) is 0 Å². The average Bonchev–Trinajstić information content (AvgIpc) is 2.32. The van der Waals surface area contributed by atoms with E-state index in [-0.39, 0.29) is 0 Å². The summed E-state index contributed by atoms with van der Waals surface area (Å²) in [5.41, 5.74) is 1.45. The summed E-state index contributed by atoms with van der Waals surface area (Å²) < 4.78 is 0. The van der Waals surface area contributed by atoms with Crippen molar-refractivity contribution in [3.8, 4) is 0 Å². The van der Waals surface area contributed by atoms with Gasteiger partial charge in [0.1, 0.15) is 0 Å². The van der Waals surface area contributed by atoms with Crippen LogP contribution in [-0.4, -0.2) is 41.5 Å². The van der Waals surface area contributed by atoms with Crippen molar-refractivity contribution < 1.29 is 0 Å². The zero-order valence-corrected chi connectivity index (χ0v) is 11.4. The lowest BCUT2D eigenvalue weighted by atomic mass is 9.90. The van der Waals surface area contributed by atoms with Gasteiger partial charge in [-0.15, -0.1) is 0 Å².